The molecule has 236 valence electrons. The summed E-state index contributed by atoms with van der Waals surface area (Å²) in [5, 5.41) is 6.76. The van der Waals surface area contributed by atoms with E-state index in [2.05, 4.69) is 146 Å². The summed E-state index contributed by atoms with van der Waals surface area (Å²) < 4.78 is 7.82. The van der Waals surface area contributed by atoms with Crippen LogP contribution < -0.4 is 10.4 Å². The van der Waals surface area contributed by atoms with Gasteiger partial charge >= 0.3 is 270 Å². The average molecular weight is 820 g/mol. The predicted molar refractivity (Wildman–Crippen MR) is 210 cm³/mol. The van der Waals surface area contributed by atoms with Gasteiger partial charge in [0.2, 0.25) is 0 Å². The summed E-state index contributed by atoms with van der Waals surface area (Å²) in [6.45, 7) is 14.7. The quantitative estimate of drug-likeness (QED) is 0.180. The van der Waals surface area contributed by atoms with Crippen molar-refractivity contribution in [2.45, 2.75) is 81.7 Å². The van der Waals surface area contributed by atoms with Crippen LogP contribution in [0.3, 0.4) is 0 Å². The normalized spacial score (nSPS) is 21.1. The molecule has 1 fully saturated rings. The summed E-state index contributed by atoms with van der Waals surface area (Å²) >= 11 is -2.60. The van der Waals surface area contributed by atoms with E-state index in [0.717, 1.165) is 3.67 Å². The molecule has 1 heterocycles. The van der Waals surface area contributed by atoms with Crippen LogP contribution in [-0.4, -0.2) is 25.7 Å². The first-order valence-corrected chi connectivity index (χ1v) is 37.9. The van der Waals surface area contributed by atoms with Crippen molar-refractivity contribution in [3.05, 3.63) is 118 Å². The summed E-state index contributed by atoms with van der Waals surface area (Å²) in [6.07, 6.45) is 9.53. The molecule has 46 heavy (non-hydrogen) atoms. The Hall–Kier alpha value is -2.12. The summed E-state index contributed by atoms with van der Waals surface area (Å²) in [4.78, 5) is 0. The summed E-state index contributed by atoms with van der Waals surface area (Å²) in [5.41, 5.74) is 12.0. The van der Waals surface area contributed by atoms with E-state index in [-0.39, 0.29) is 0 Å². The molecule has 7 rings (SSSR count). The van der Waals surface area contributed by atoms with Crippen molar-refractivity contribution in [3.63, 3.8) is 0 Å². The fourth-order valence-electron chi connectivity index (χ4n) is 8.70. The minimum atomic E-state index is -2.60. The van der Waals surface area contributed by atoms with E-state index in [1.54, 1.807) is 32.3 Å². The van der Waals surface area contributed by atoms with Crippen LogP contribution >= 0.6 is 0 Å². The second-order valence-corrected chi connectivity index (χ2v) is 47.4. The second-order valence-electron chi connectivity index (χ2n) is 17.1. The molecular formula is C42H52HfSi3. The molecule has 4 aromatic rings. The zero-order chi connectivity index (χ0) is 32.4. The van der Waals surface area contributed by atoms with Gasteiger partial charge in [0.05, 0.1) is 0 Å². The third-order valence-corrected chi connectivity index (χ3v) is 33.0. The van der Waals surface area contributed by atoms with Crippen molar-refractivity contribution in [2.24, 2.45) is 0 Å². The van der Waals surface area contributed by atoms with Gasteiger partial charge in [-0.2, -0.15) is 0 Å². The van der Waals surface area contributed by atoms with E-state index in [1.165, 1.54) is 51.3 Å². The molecule has 3 aliphatic rings. The van der Waals surface area contributed by atoms with Gasteiger partial charge in [-0.1, -0.05) is 19.6 Å². The maximum atomic E-state index is 2.78. The van der Waals surface area contributed by atoms with Crippen LogP contribution in [0.2, 0.25) is 52.8 Å². The van der Waals surface area contributed by atoms with Gasteiger partial charge < -0.3 is 0 Å². The second kappa shape index (κ2) is 12.1. The monoisotopic (exact) mass is 820 g/mol. The van der Waals surface area contributed by atoms with E-state index in [1.807, 2.05) is 5.20 Å². The van der Waals surface area contributed by atoms with Gasteiger partial charge in [-0.15, -0.1) is 0 Å². The topological polar surface area (TPSA) is 0 Å². The van der Waals surface area contributed by atoms with E-state index < -0.39 is 45.6 Å². The molecule has 0 saturated carbocycles. The molecule has 0 spiro atoms. The molecule has 0 amide bonds. The molecule has 0 aromatic heterocycles. The fourth-order valence-corrected chi connectivity index (χ4v) is 31.9. The summed E-state index contributed by atoms with van der Waals surface area (Å²) in [6, 6.07) is 33.7. The van der Waals surface area contributed by atoms with Crippen LogP contribution in [0.5, 0.6) is 0 Å². The average Bonchev–Trinajstić information content (AvgIpc) is 3.56. The number of hydrogen-bond acceptors (Lipinski definition) is 0. The van der Waals surface area contributed by atoms with Gasteiger partial charge in [0, 0.05) is 0 Å². The molecule has 4 heteroatoms. The molecule has 2 unspecified atom stereocenters. The molecule has 2 atom stereocenters. The van der Waals surface area contributed by atoms with E-state index in [4.69, 9.17) is 0 Å². The summed E-state index contributed by atoms with van der Waals surface area (Å²) in [7, 11) is -3.22. The van der Waals surface area contributed by atoms with E-state index in [0.29, 0.717) is 5.92 Å². The molecule has 1 saturated heterocycles. The first-order valence-electron chi connectivity index (χ1n) is 17.7. The molecule has 0 bridgehead atoms. The molecular weight excluding hydrogens is 767 g/mol. The zero-order valence-electron chi connectivity index (χ0n) is 29.4. The van der Waals surface area contributed by atoms with Crippen molar-refractivity contribution in [2.75, 3.05) is 0 Å². The van der Waals surface area contributed by atoms with Crippen LogP contribution in [-0.2, 0) is 20.0 Å². The van der Waals surface area contributed by atoms with Gasteiger partial charge in [-0.05, 0) is 0 Å². The Morgan fingerprint density at radius 2 is 1.09 bits per heavy atom. The van der Waals surface area contributed by atoms with Crippen LogP contribution in [0, 0.1) is 0 Å². The van der Waals surface area contributed by atoms with Crippen molar-refractivity contribution in [3.8, 4) is 22.3 Å². The van der Waals surface area contributed by atoms with Crippen LogP contribution in [0.1, 0.15) is 51.1 Å². The Bertz CT molecular complexity index is 1850. The van der Waals surface area contributed by atoms with Crippen LogP contribution in [0.25, 0.3) is 34.4 Å². The van der Waals surface area contributed by atoms with Crippen molar-refractivity contribution >= 4 is 48.2 Å². The third-order valence-electron chi connectivity index (χ3n) is 11.3. The molecule has 2 aliphatic carbocycles. The number of hydrogen-bond donors (Lipinski definition) is 0. The Balaban J connectivity index is 1.29. The van der Waals surface area contributed by atoms with Crippen LogP contribution in [0.15, 0.2) is 95.3 Å². The van der Waals surface area contributed by atoms with Crippen LogP contribution in [0.4, 0.5) is 0 Å². The number of allylic oxidation sites excluding steroid dienone is 2. The Labute approximate surface area is 287 Å². The minimum absolute atomic E-state index is 0.578. The molecule has 1 aliphatic heterocycles. The third kappa shape index (κ3) is 6.01. The maximum absolute atomic E-state index is 2.78. The number of fused-ring (bicyclic) bond motifs is 6. The van der Waals surface area contributed by atoms with E-state index in [9.17, 15) is 0 Å². The SMILES string of the molecule is C[Si](C)(C)c1ccc(-c2cccc3c2C=C2[SiH2]C4=Cc5c(-c6ccc([Si](C)(C)C)cc6)cccc5[CH]4[Hf]([CH3])([CH3])[CH2]CCCC23)cc1. The first kappa shape index (κ1) is 32.4. The van der Waals surface area contributed by atoms with Crippen molar-refractivity contribution in [1.29, 1.82) is 0 Å². The number of benzene rings is 4. The summed E-state index contributed by atoms with van der Waals surface area (Å²) in [5.74, 6) is 0.611. The fraction of sp³-hybridized carbons (Fsp3) is 0.333. The van der Waals surface area contributed by atoms with E-state index >= 15 is 0 Å². The van der Waals surface area contributed by atoms with Crippen molar-refractivity contribution in [1.82, 2.24) is 0 Å². The molecule has 0 nitrogen and oxygen atoms in total. The van der Waals surface area contributed by atoms with Gasteiger partial charge in [0.15, 0.2) is 0 Å². The van der Waals surface area contributed by atoms with Gasteiger partial charge in [-0.25, -0.2) is 0 Å². The predicted octanol–water partition coefficient (Wildman–Crippen LogP) is 10.7. The Kier molecular flexibility index (Phi) is 8.52. The Morgan fingerprint density at radius 1 is 0.587 bits per heavy atom. The molecule has 0 radical (unpaired) electrons. The van der Waals surface area contributed by atoms with Gasteiger partial charge in [0.25, 0.3) is 0 Å². The molecule has 4 aromatic carbocycles. The molecule has 0 N–H and O–H groups in total. The zero-order valence-corrected chi connectivity index (χ0v) is 36.4. The Morgan fingerprint density at radius 3 is 1.63 bits per heavy atom. The van der Waals surface area contributed by atoms with Gasteiger partial charge in [0.1, 0.15) is 0 Å². The van der Waals surface area contributed by atoms with Gasteiger partial charge in [-0.3, -0.25) is 0 Å². The number of rotatable bonds is 4. The first-order chi connectivity index (χ1) is 21.8. The standard InChI is InChI=1S/C40H46Si3.2CH3.Hf/c1-8-9-13-37-36-16-11-15-35(29-19-23-33(24-20-29)43(5,6)7)39(36)27-40(37)41-31-25-30-12-10-14-34(38(30)26-31)28-17-21-32(22-18-28)42(2,3)4;;;/h10-12,14-27,37H,1,8-9,13,41H2,2-7H3;2*1H3;. The van der Waals surface area contributed by atoms with Crippen molar-refractivity contribution < 1.29 is 20.0 Å².